The van der Waals surface area contributed by atoms with E-state index < -0.39 is 63.0 Å². The molecule has 246 valence electrons. The van der Waals surface area contributed by atoms with E-state index >= 15 is 0 Å². The van der Waals surface area contributed by atoms with Crippen molar-refractivity contribution in [1.29, 1.82) is 0 Å². The third-order valence-corrected chi connectivity index (χ3v) is 8.56. The van der Waals surface area contributed by atoms with Crippen LogP contribution >= 0.6 is 0 Å². The maximum atomic E-state index is 13.6. The number of benzene rings is 2. The molecule has 14 nitrogen and oxygen atoms in total. The van der Waals surface area contributed by atoms with Crippen LogP contribution in [0.5, 0.6) is 17.2 Å². The number of phenols is 2. The molecule has 0 spiro atoms. The molecule has 46 heavy (non-hydrogen) atoms. The Bertz CT molecular complexity index is 1630. The van der Waals surface area contributed by atoms with E-state index in [1.165, 1.54) is 17.2 Å². The molecule has 2 heterocycles. The first kappa shape index (κ1) is 33.9. The molecular formula is C32H37N3O11. The number of carboxylic acids is 1. The number of rotatable bonds is 12. The quantitative estimate of drug-likeness (QED) is 0.136. The van der Waals surface area contributed by atoms with Gasteiger partial charge in [0.15, 0.2) is 0 Å². The molecule has 0 aliphatic carbocycles. The Morgan fingerprint density at radius 1 is 1.09 bits per heavy atom. The maximum Gasteiger partial charge on any atom is 0.326 e. The number of aliphatic carboxylic acids is 1. The number of ether oxygens (including phenoxy) is 1. The second-order valence-electron chi connectivity index (χ2n) is 12.3. The van der Waals surface area contributed by atoms with Crippen molar-refractivity contribution in [2.75, 3.05) is 0 Å². The fraction of sp³-hybridized carbons (Fsp3) is 0.438. The number of nitro groups is 2. The lowest BCUT2D eigenvalue weighted by molar-refractivity contribution is -0.396. The Morgan fingerprint density at radius 3 is 2.28 bits per heavy atom. The first-order valence-electron chi connectivity index (χ1n) is 14.8. The van der Waals surface area contributed by atoms with Crippen LogP contribution in [0.15, 0.2) is 41.5 Å². The Hall–Kier alpha value is -4.98. The van der Waals surface area contributed by atoms with Gasteiger partial charge in [0.2, 0.25) is 0 Å². The molecule has 0 saturated heterocycles. The second-order valence-corrected chi connectivity index (χ2v) is 12.3. The number of hydrogen-bond donors (Lipinski definition) is 4. The van der Waals surface area contributed by atoms with E-state index in [0.29, 0.717) is 18.4 Å². The zero-order chi connectivity index (χ0) is 34.1. The van der Waals surface area contributed by atoms with Crippen molar-refractivity contribution in [1.82, 2.24) is 4.90 Å². The predicted molar refractivity (Wildman–Crippen MR) is 165 cm³/mol. The van der Waals surface area contributed by atoms with Gasteiger partial charge in [-0.3, -0.25) is 25.0 Å². The molecule has 0 saturated carbocycles. The number of phenolic OH excluding ortho intramolecular Hbond substituents is 2. The average Bonchev–Trinajstić information content (AvgIpc) is 3.28. The highest BCUT2D eigenvalue weighted by molar-refractivity contribution is 6.02. The normalized spacial score (nSPS) is 19.6. The van der Waals surface area contributed by atoms with Crippen LogP contribution in [0.1, 0.15) is 80.4 Å². The fourth-order valence-electron chi connectivity index (χ4n) is 5.88. The summed E-state index contributed by atoms with van der Waals surface area (Å²) in [6.07, 6.45) is 5.58. The van der Waals surface area contributed by atoms with Crippen LogP contribution in [-0.2, 0) is 24.2 Å². The molecule has 0 unspecified atom stereocenters. The lowest BCUT2D eigenvalue weighted by Gasteiger charge is -2.41. The second kappa shape index (κ2) is 13.2. The maximum absolute atomic E-state index is 13.6. The number of amides is 1. The van der Waals surface area contributed by atoms with Crippen LogP contribution in [0.3, 0.4) is 0 Å². The number of fused-ring (bicyclic) bond motifs is 3. The molecule has 4 rings (SSSR count). The number of carbonyl (C=O) groups excluding carboxylic acids is 1. The molecule has 2 aliphatic rings. The Labute approximate surface area is 264 Å². The van der Waals surface area contributed by atoms with E-state index in [4.69, 9.17) is 4.74 Å². The molecule has 0 fully saturated rings. The molecule has 2 aliphatic heterocycles. The first-order valence-corrected chi connectivity index (χ1v) is 14.8. The number of carboxylic acid groups (broad SMARTS) is 1. The number of allylic oxidation sites excluding steroid dienone is 4. The van der Waals surface area contributed by atoms with E-state index in [9.17, 15) is 50.2 Å². The van der Waals surface area contributed by atoms with Crippen LogP contribution in [0.25, 0.3) is 0 Å². The van der Waals surface area contributed by atoms with Crippen molar-refractivity contribution in [3.63, 3.8) is 0 Å². The van der Waals surface area contributed by atoms with Crippen LogP contribution in [0.2, 0.25) is 0 Å². The summed E-state index contributed by atoms with van der Waals surface area (Å²) in [6, 6.07) is 1.23. The Morgan fingerprint density at radius 2 is 1.72 bits per heavy atom. The van der Waals surface area contributed by atoms with Gasteiger partial charge >= 0.3 is 17.3 Å². The molecule has 3 atom stereocenters. The standard InChI is InChI=1S/C32H37N3O11/c1-17(2)7-5-8-18(3)9-6-10-32(4)27(37)15-21-26(36)14-20-22(29(21)46-32)16-33(30(20)39)25(31(40)41)13-19-11-23(34(42)43)28(38)24(12-19)35(44)45/h7,9,11-12,14,25,27,36-38H,5-6,8,10,13,15-16H2,1-4H3,(H,40,41)/b18-9+/t25-,27-,32-/m0/s1. The minimum absolute atomic E-state index is 0.00100. The number of nitrogens with zero attached hydrogens (tertiary/aromatic N) is 3. The summed E-state index contributed by atoms with van der Waals surface area (Å²) in [5.41, 5.74) is -0.170. The van der Waals surface area contributed by atoms with Crippen LogP contribution < -0.4 is 4.74 Å². The highest BCUT2D eigenvalue weighted by Crippen LogP contribution is 2.47. The van der Waals surface area contributed by atoms with Gasteiger partial charge in [0.05, 0.1) is 28.1 Å². The number of hydrogen-bond acceptors (Lipinski definition) is 10. The van der Waals surface area contributed by atoms with Crippen LogP contribution in [-0.4, -0.2) is 64.8 Å². The van der Waals surface area contributed by atoms with Crippen molar-refractivity contribution < 1.29 is 44.6 Å². The fourth-order valence-corrected chi connectivity index (χ4v) is 5.88. The summed E-state index contributed by atoms with van der Waals surface area (Å²) in [5, 5.41) is 64.8. The van der Waals surface area contributed by atoms with Crippen LogP contribution in [0, 0.1) is 20.2 Å². The molecule has 4 N–H and O–H groups in total. The number of carbonyl (C=O) groups is 2. The van der Waals surface area contributed by atoms with E-state index in [1.54, 1.807) is 6.92 Å². The zero-order valence-corrected chi connectivity index (χ0v) is 26.0. The molecule has 0 aromatic heterocycles. The number of aliphatic hydroxyl groups excluding tert-OH is 1. The molecule has 0 radical (unpaired) electrons. The van der Waals surface area contributed by atoms with E-state index in [0.717, 1.165) is 29.9 Å². The largest absolute Gasteiger partial charge is 0.508 e. The Kier molecular flexibility index (Phi) is 9.71. The molecule has 2 aromatic carbocycles. The minimum Gasteiger partial charge on any atom is -0.508 e. The highest BCUT2D eigenvalue weighted by Gasteiger charge is 2.46. The summed E-state index contributed by atoms with van der Waals surface area (Å²) in [7, 11) is 0. The first-order chi connectivity index (χ1) is 21.5. The van der Waals surface area contributed by atoms with Gasteiger partial charge in [-0.1, -0.05) is 23.3 Å². The zero-order valence-electron chi connectivity index (χ0n) is 26.0. The van der Waals surface area contributed by atoms with Crippen molar-refractivity contribution in [2.45, 2.75) is 90.5 Å². The summed E-state index contributed by atoms with van der Waals surface area (Å²) >= 11 is 0. The predicted octanol–water partition coefficient (Wildman–Crippen LogP) is 5.09. The summed E-state index contributed by atoms with van der Waals surface area (Å²) < 4.78 is 6.35. The smallest absolute Gasteiger partial charge is 0.326 e. The van der Waals surface area contributed by atoms with Crippen LogP contribution in [0.4, 0.5) is 11.4 Å². The SMILES string of the molecule is CC(C)=CCC/C(C)=C/CC[C@]1(C)Oc2c(c(O)cc3c2CN([C@@H](Cc2cc([N+](=O)[O-])c(O)c([N+](=O)[O-])c2)C(=O)O)C3=O)C[C@@H]1O. The van der Waals surface area contributed by atoms with Crippen molar-refractivity contribution in [3.8, 4) is 17.2 Å². The van der Waals surface area contributed by atoms with Gasteiger partial charge in [0, 0.05) is 36.1 Å². The third-order valence-electron chi connectivity index (χ3n) is 8.56. The summed E-state index contributed by atoms with van der Waals surface area (Å²) in [4.78, 5) is 47.7. The van der Waals surface area contributed by atoms with E-state index in [2.05, 4.69) is 12.2 Å². The van der Waals surface area contributed by atoms with Gasteiger partial charge in [0.25, 0.3) is 11.7 Å². The van der Waals surface area contributed by atoms with E-state index in [-0.39, 0.29) is 41.2 Å². The number of aliphatic hydroxyl groups is 1. The topological polar surface area (TPSA) is 214 Å². The summed E-state index contributed by atoms with van der Waals surface area (Å²) in [5.74, 6) is -3.52. The van der Waals surface area contributed by atoms with Gasteiger partial charge in [-0.15, -0.1) is 0 Å². The van der Waals surface area contributed by atoms with Crippen molar-refractivity contribution in [2.24, 2.45) is 0 Å². The molecule has 14 heteroatoms. The van der Waals surface area contributed by atoms with Gasteiger partial charge in [-0.05, 0) is 65.0 Å². The van der Waals surface area contributed by atoms with E-state index in [1.807, 2.05) is 20.8 Å². The average molecular weight is 640 g/mol. The third kappa shape index (κ3) is 6.81. The van der Waals surface area contributed by atoms with Gasteiger partial charge in [-0.2, -0.15) is 0 Å². The molecule has 2 aromatic rings. The van der Waals surface area contributed by atoms with Crippen molar-refractivity contribution >= 4 is 23.3 Å². The van der Waals surface area contributed by atoms with Crippen molar-refractivity contribution in [3.05, 3.63) is 84.0 Å². The lowest BCUT2D eigenvalue weighted by Crippen LogP contribution is -2.49. The molecule has 0 bridgehead atoms. The number of aromatic hydroxyl groups is 2. The number of nitro benzene ring substituents is 2. The molecular weight excluding hydrogens is 602 g/mol. The Balaban J connectivity index is 1.62. The van der Waals surface area contributed by atoms with Gasteiger partial charge in [0.1, 0.15) is 23.1 Å². The van der Waals surface area contributed by atoms with Gasteiger partial charge < -0.3 is 30.1 Å². The lowest BCUT2D eigenvalue weighted by atomic mass is 9.84. The minimum atomic E-state index is -1.62. The van der Waals surface area contributed by atoms with Gasteiger partial charge in [-0.25, -0.2) is 4.79 Å². The summed E-state index contributed by atoms with van der Waals surface area (Å²) in [6.45, 7) is 7.60. The monoisotopic (exact) mass is 639 g/mol. The molecule has 1 amide bonds. The highest BCUT2D eigenvalue weighted by atomic mass is 16.6.